The molecule has 0 spiro atoms. The lowest BCUT2D eigenvalue weighted by atomic mass is 9.94. The second kappa shape index (κ2) is 7.18. The predicted molar refractivity (Wildman–Crippen MR) is 95.9 cm³/mol. The van der Waals surface area contributed by atoms with Crippen molar-refractivity contribution in [2.24, 2.45) is 11.7 Å². The molecule has 0 saturated heterocycles. The van der Waals surface area contributed by atoms with E-state index in [-0.39, 0.29) is 5.56 Å². The maximum absolute atomic E-state index is 12.4. The van der Waals surface area contributed by atoms with E-state index in [1.165, 1.54) is 0 Å². The Labute approximate surface area is 145 Å². The fourth-order valence-corrected chi connectivity index (χ4v) is 2.86. The number of primary amides is 1. The van der Waals surface area contributed by atoms with Gasteiger partial charge in [-0.1, -0.05) is 0 Å². The summed E-state index contributed by atoms with van der Waals surface area (Å²) in [5, 5.41) is 17.7. The Balaban J connectivity index is 2.65. The molecule has 7 nitrogen and oxygen atoms in total. The molecule has 1 amide bonds. The van der Waals surface area contributed by atoms with Crippen LogP contribution in [0.1, 0.15) is 25.0 Å². The highest BCUT2D eigenvalue weighted by Gasteiger charge is 2.27. The van der Waals surface area contributed by atoms with E-state index < -0.39 is 23.2 Å². The topological polar surface area (TPSA) is 124 Å². The first-order valence-corrected chi connectivity index (χ1v) is 7.95. The van der Waals surface area contributed by atoms with Crippen molar-refractivity contribution in [2.45, 2.75) is 20.8 Å². The van der Waals surface area contributed by atoms with E-state index in [1.54, 1.807) is 19.1 Å². The van der Waals surface area contributed by atoms with Gasteiger partial charge in [0.25, 0.3) is 0 Å². The number of benzene rings is 1. The summed E-state index contributed by atoms with van der Waals surface area (Å²) in [5.41, 5.74) is 5.68. The number of amides is 1. The van der Waals surface area contributed by atoms with Crippen LogP contribution in [0.2, 0.25) is 0 Å². The van der Waals surface area contributed by atoms with Gasteiger partial charge in [0, 0.05) is 30.2 Å². The van der Waals surface area contributed by atoms with Crippen molar-refractivity contribution in [3.63, 3.8) is 0 Å². The molecule has 0 radical (unpaired) electrons. The molecule has 0 bridgehead atoms. The minimum atomic E-state index is -1.49. The standard InChI is InChI=1S/C18H20N4O3/c1-4-22(5-2)11-6-7-12-10(3)15(18(24)25-14(12)8-11)16(20)13(9-19)17(21)23/h6-8,13,20H,4-5H2,1-3H3,(H2,21,23). The molecule has 1 aromatic heterocycles. The number of nitrogens with two attached hydrogens (primary N) is 1. The van der Waals surface area contributed by atoms with Crippen LogP contribution in [0.3, 0.4) is 0 Å². The third-order valence-electron chi connectivity index (χ3n) is 4.25. The third-order valence-corrected chi connectivity index (χ3v) is 4.25. The summed E-state index contributed by atoms with van der Waals surface area (Å²) in [6.45, 7) is 7.36. The van der Waals surface area contributed by atoms with Gasteiger partial charge in [0.05, 0.1) is 17.3 Å². The minimum Gasteiger partial charge on any atom is -0.422 e. The molecule has 0 aliphatic rings. The number of nitrogens with one attached hydrogen (secondary N) is 1. The summed E-state index contributed by atoms with van der Waals surface area (Å²) in [6, 6.07) is 7.15. The van der Waals surface area contributed by atoms with Gasteiger partial charge in [0.1, 0.15) is 5.58 Å². The number of fused-ring (bicyclic) bond motifs is 1. The smallest absolute Gasteiger partial charge is 0.345 e. The van der Waals surface area contributed by atoms with E-state index in [0.29, 0.717) is 16.5 Å². The van der Waals surface area contributed by atoms with Gasteiger partial charge in [-0.15, -0.1) is 0 Å². The number of hydrogen-bond acceptors (Lipinski definition) is 6. The average Bonchev–Trinajstić information content (AvgIpc) is 2.56. The first-order valence-electron chi connectivity index (χ1n) is 7.95. The summed E-state index contributed by atoms with van der Waals surface area (Å²) >= 11 is 0. The molecule has 2 rings (SSSR count). The lowest BCUT2D eigenvalue weighted by Crippen LogP contribution is -2.32. The monoisotopic (exact) mass is 340 g/mol. The van der Waals surface area contributed by atoms with Crippen molar-refractivity contribution in [1.29, 1.82) is 10.7 Å². The van der Waals surface area contributed by atoms with Gasteiger partial charge in [-0.2, -0.15) is 5.26 Å². The fourth-order valence-electron chi connectivity index (χ4n) is 2.86. The van der Waals surface area contributed by atoms with Crippen molar-refractivity contribution in [3.8, 4) is 6.07 Å². The van der Waals surface area contributed by atoms with Crippen molar-refractivity contribution in [1.82, 2.24) is 0 Å². The van der Waals surface area contributed by atoms with Gasteiger partial charge in [-0.3, -0.25) is 4.79 Å². The lowest BCUT2D eigenvalue weighted by Gasteiger charge is -2.21. The lowest BCUT2D eigenvalue weighted by molar-refractivity contribution is -0.118. The average molecular weight is 340 g/mol. The molecule has 2 aromatic rings. The van der Waals surface area contributed by atoms with E-state index in [0.717, 1.165) is 18.8 Å². The van der Waals surface area contributed by atoms with Crippen LogP contribution in [-0.4, -0.2) is 24.7 Å². The highest BCUT2D eigenvalue weighted by molar-refractivity contribution is 6.14. The van der Waals surface area contributed by atoms with Crippen molar-refractivity contribution < 1.29 is 9.21 Å². The highest BCUT2D eigenvalue weighted by atomic mass is 16.4. The number of aryl methyl sites for hydroxylation is 1. The van der Waals surface area contributed by atoms with Crippen LogP contribution in [0.5, 0.6) is 0 Å². The minimum absolute atomic E-state index is 0.0894. The molecule has 0 aliphatic heterocycles. The molecule has 7 heteroatoms. The van der Waals surface area contributed by atoms with Crippen molar-refractivity contribution in [3.05, 3.63) is 39.7 Å². The Kier molecular flexibility index (Phi) is 5.22. The number of carbonyl (C=O) groups is 1. The van der Waals surface area contributed by atoms with Gasteiger partial charge in [-0.25, -0.2) is 4.79 Å². The SMILES string of the molecule is CCN(CC)c1ccc2c(C)c(C(=N)C(C#N)C(N)=O)c(=O)oc2c1. The fraction of sp³-hybridized carbons (Fsp3) is 0.333. The number of carbonyl (C=O) groups excluding carboxylic acids is 1. The molecule has 1 heterocycles. The molecule has 0 aliphatic carbocycles. The summed E-state index contributed by atoms with van der Waals surface area (Å²) < 4.78 is 5.36. The van der Waals surface area contributed by atoms with Crippen molar-refractivity contribution in [2.75, 3.05) is 18.0 Å². The summed E-state index contributed by atoms with van der Waals surface area (Å²) in [4.78, 5) is 25.8. The molecular weight excluding hydrogens is 320 g/mol. The molecule has 3 N–H and O–H groups in total. The maximum atomic E-state index is 12.4. The normalized spacial score (nSPS) is 11.8. The van der Waals surface area contributed by atoms with E-state index in [1.807, 2.05) is 26.0 Å². The Bertz CT molecular complexity index is 936. The molecule has 25 heavy (non-hydrogen) atoms. The van der Waals surface area contributed by atoms with Gasteiger partial charge in [0.15, 0.2) is 5.92 Å². The van der Waals surface area contributed by atoms with Crippen LogP contribution < -0.4 is 16.3 Å². The van der Waals surface area contributed by atoms with Crippen LogP contribution in [0, 0.1) is 29.6 Å². The second-order valence-corrected chi connectivity index (χ2v) is 5.62. The molecule has 1 atom stereocenters. The molecule has 0 saturated carbocycles. The highest BCUT2D eigenvalue weighted by Crippen LogP contribution is 2.26. The summed E-state index contributed by atoms with van der Waals surface area (Å²) in [7, 11) is 0. The first-order chi connectivity index (χ1) is 11.8. The van der Waals surface area contributed by atoms with Crippen LogP contribution in [0.4, 0.5) is 5.69 Å². The molecule has 1 aromatic carbocycles. The summed E-state index contributed by atoms with van der Waals surface area (Å²) in [6.07, 6.45) is 0. The van der Waals surface area contributed by atoms with E-state index in [4.69, 9.17) is 20.8 Å². The maximum Gasteiger partial charge on any atom is 0.345 e. The second-order valence-electron chi connectivity index (χ2n) is 5.62. The third kappa shape index (κ3) is 3.24. The Morgan fingerprint density at radius 2 is 2.04 bits per heavy atom. The number of anilines is 1. The Morgan fingerprint density at radius 1 is 1.40 bits per heavy atom. The van der Waals surface area contributed by atoms with E-state index in [9.17, 15) is 9.59 Å². The van der Waals surface area contributed by atoms with Crippen LogP contribution >= 0.6 is 0 Å². The van der Waals surface area contributed by atoms with Gasteiger partial charge in [0.2, 0.25) is 5.91 Å². The Hall–Kier alpha value is -3.14. The first kappa shape index (κ1) is 18.2. The number of hydrogen-bond donors (Lipinski definition) is 2. The molecule has 130 valence electrons. The molecular formula is C18H20N4O3. The zero-order valence-electron chi connectivity index (χ0n) is 14.4. The van der Waals surface area contributed by atoms with Gasteiger partial charge in [-0.05, 0) is 38.5 Å². The zero-order valence-corrected chi connectivity index (χ0v) is 14.4. The summed E-state index contributed by atoms with van der Waals surface area (Å²) in [5.74, 6) is -2.46. The van der Waals surface area contributed by atoms with E-state index in [2.05, 4.69) is 4.90 Å². The largest absolute Gasteiger partial charge is 0.422 e. The number of rotatable bonds is 6. The number of nitriles is 1. The molecule has 1 unspecified atom stereocenters. The van der Waals surface area contributed by atoms with E-state index >= 15 is 0 Å². The predicted octanol–water partition coefficient (Wildman–Crippen LogP) is 1.94. The van der Waals surface area contributed by atoms with Crippen molar-refractivity contribution >= 4 is 28.3 Å². The molecule has 0 fully saturated rings. The zero-order chi connectivity index (χ0) is 18.7. The van der Waals surface area contributed by atoms with Crippen LogP contribution in [0.25, 0.3) is 11.0 Å². The Morgan fingerprint density at radius 3 is 2.56 bits per heavy atom. The quantitative estimate of drug-likeness (QED) is 0.614. The van der Waals surface area contributed by atoms with Crippen LogP contribution in [0.15, 0.2) is 27.4 Å². The number of nitrogens with zero attached hydrogens (tertiary/aromatic N) is 2. The van der Waals surface area contributed by atoms with Crippen LogP contribution in [-0.2, 0) is 4.79 Å². The van der Waals surface area contributed by atoms with Gasteiger partial charge >= 0.3 is 5.63 Å². The van der Waals surface area contributed by atoms with Gasteiger partial charge < -0.3 is 20.5 Å².